The molecule has 6 nitrogen and oxygen atoms in total. The van der Waals surface area contributed by atoms with E-state index >= 15 is 0 Å². The Morgan fingerprint density at radius 2 is 1.70 bits per heavy atom. The third-order valence-electron chi connectivity index (χ3n) is 6.82. The van der Waals surface area contributed by atoms with E-state index in [1.165, 1.54) is 4.90 Å². The Morgan fingerprint density at radius 3 is 2.27 bits per heavy atom. The number of rotatable bonds is 9. The second-order valence-electron chi connectivity index (χ2n) is 9.76. The maximum atomic E-state index is 13.8. The fourth-order valence-electron chi connectivity index (χ4n) is 5.00. The number of aliphatic carboxylic acids is 1. The van der Waals surface area contributed by atoms with Gasteiger partial charge in [-0.1, -0.05) is 54.4 Å². The maximum Gasteiger partial charge on any atom is 0.442 e. The van der Waals surface area contributed by atoms with Crippen molar-refractivity contribution in [2.45, 2.75) is 63.0 Å². The molecule has 1 amide bonds. The molecule has 1 fully saturated rings. The first-order chi connectivity index (χ1) is 17.1. The number of amides is 1. The summed E-state index contributed by atoms with van der Waals surface area (Å²) < 4.78 is 38.5. The van der Waals surface area contributed by atoms with E-state index in [1.54, 1.807) is 49.4 Å². The molecule has 37 heavy (non-hydrogen) atoms. The molecule has 0 spiro atoms. The molecule has 3 N–H and O–H groups in total. The highest BCUT2D eigenvalue weighted by Crippen LogP contribution is 2.51. The van der Waals surface area contributed by atoms with Crippen LogP contribution >= 0.6 is 23.2 Å². The van der Waals surface area contributed by atoms with E-state index in [0.717, 1.165) is 5.56 Å². The van der Waals surface area contributed by atoms with Crippen LogP contribution in [-0.4, -0.2) is 50.6 Å². The molecular weight excluding hydrogens is 534 g/mol. The summed E-state index contributed by atoms with van der Waals surface area (Å²) in [5.74, 6) is -5.81. The highest BCUT2D eigenvalue weighted by molar-refractivity contribution is 6.30. The van der Waals surface area contributed by atoms with Gasteiger partial charge >= 0.3 is 12.1 Å². The molecule has 3 unspecified atom stereocenters. The van der Waals surface area contributed by atoms with Crippen LogP contribution in [0.15, 0.2) is 48.5 Å². The summed E-state index contributed by atoms with van der Waals surface area (Å²) in [7, 11) is 0. The highest BCUT2D eigenvalue weighted by atomic mass is 35.5. The first-order valence-corrected chi connectivity index (χ1v) is 12.5. The van der Waals surface area contributed by atoms with Crippen molar-refractivity contribution in [1.29, 1.82) is 0 Å². The second kappa shape index (κ2) is 11.2. The average Bonchev–Trinajstić information content (AvgIpc) is 2.78. The molecule has 3 rings (SSSR count). The number of hydrogen-bond acceptors (Lipinski definition) is 4. The molecule has 2 aromatic carbocycles. The van der Waals surface area contributed by atoms with Crippen molar-refractivity contribution in [3.05, 3.63) is 69.7 Å². The van der Waals surface area contributed by atoms with Crippen LogP contribution in [0, 0.1) is 5.41 Å². The van der Waals surface area contributed by atoms with Crippen molar-refractivity contribution >= 4 is 35.1 Å². The van der Waals surface area contributed by atoms with Gasteiger partial charge in [0.25, 0.3) is 5.79 Å². The van der Waals surface area contributed by atoms with Crippen LogP contribution in [0.2, 0.25) is 10.0 Å². The van der Waals surface area contributed by atoms with Crippen LogP contribution in [-0.2, 0) is 9.59 Å². The van der Waals surface area contributed by atoms with Gasteiger partial charge in [0.1, 0.15) is 0 Å². The lowest BCUT2D eigenvalue weighted by atomic mass is 9.67. The number of likely N-dealkylation sites (tertiary alicyclic amines) is 1. The Balaban J connectivity index is 2.01. The van der Waals surface area contributed by atoms with E-state index in [1.807, 2.05) is 6.07 Å². The third kappa shape index (κ3) is 6.76. The number of nitrogens with zero attached hydrogens (tertiary/aromatic N) is 1. The van der Waals surface area contributed by atoms with Gasteiger partial charge in [-0.3, -0.25) is 9.59 Å². The quantitative estimate of drug-likeness (QED) is 0.260. The fourth-order valence-corrected chi connectivity index (χ4v) is 5.33. The number of alkyl halides is 3. The average molecular weight is 562 g/mol. The van der Waals surface area contributed by atoms with Crippen molar-refractivity contribution in [2.24, 2.45) is 5.41 Å². The van der Waals surface area contributed by atoms with Crippen LogP contribution in [0.1, 0.15) is 62.1 Å². The Morgan fingerprint density at radius 1 is 1.05 bits per heavy atom. The van der Waals surface area contributed by atoms with Gasteiger partial charge in [-0.05, 0) is 54.7 Å². The van der Waals surface area contributed by atoms with Crippen molar-refractivity contribution in [1.82, 2.24) is 4.90 Å². The minimum Gasteiger partial charge on any atom is -0.481 e. The number of benzene rings is 2. The van der Waals surface area contributed by atoms with Gasteiger partial charge in [-0.25, -0.2) is 0 Å². The second-order valence-corrected chi connectivity index (χ2v) is 10.6. The predicted molar refractivity (Wildman–Crippen MR) is 132 cm³/mol. The van der Waals surface area contributed by atoms with Gasteiger partial charge in [0, 0.05) is 28.9 Å². The lowest BCUT2D eigenvalue weighted by molar-refractivity contribution is -0.351. The number of carbonyl (C=O) groups excluding carboxylic acids is 1. The van der Waals surface area contributed by atoms with E-state index in [0.29, 0.717) is 15.6 Å². The standard InChI is InChI=1S/C26H28Cl2F3NO5/c1-24(15-21(33)34)14-20(17-5-4-6-19(28)13-17)22(16-7-9-18(27)10-8-16)32(23(24)35)12-3-2-11-25(36,37)26(29,30)31/h4-10,13,20,22,36-37H,2-3,11-12,14-15H2,1H3,(H,33,34). The number of carboxylic acid groups (broad SMARTS) is 1. The Bertz CT molecular complexity index is 1130. The molecule has 0 aliphatic carbocycles. The number of aliphatic hydroxyl groups is 2. The molecule has 1 saturated heterocycles. The predicted octanol–water partition coefficient (Wildman–Crippen LogP) is 5.95. The van der Waals surface area contributed by atoms with Gasteiger partial charge in [0.2, 0.25) is 5.91 Å². The van der Waals surface area contributed by atoms with Gasteiger partial charge in [0.05, 0.1) is 17.9 Å². The van der Waals surface area contributed by atoms with Crippen LogP contribution in [0.3, 0.4) is 0 Å². The lowest BCUT2D eigenvalue weighted by Gasteiger charge is -2.49. The highest BCUT2D eigenvalue weighted by Gasteiger charge is 2.53. The maximum absolute atomic E-state index is 13.8. The molecule has 2 aromatic rings. The Hall–Kier alpha value is -2.33. The summed E-state index contributed by atoms with van der Waals surface area (Å²) >= 11 is 12.3. The lowest BCUT2D eigenvalue weighted by Crippen LogP contribution is -2.52. The number of unbranched alkanes of at least 4 members (excludes halogenated alkanes) is 1. The third-order valence-corrected chi connectivity index (χ3v) is 7.31. The Kier molecular flexibility index (Phi) is 8.84. The number of carboxylic acids is 1. The summed E-state index contributed by atoms with van der Waals surface area (Å²) in [6, 6.07) is 13.3. The number of hydrogen-bond donors (Lipinski definition) is 3. The van der Waals surface area contributed by atoms with Crippen molar-refractivity contribution in [3.8, 4) is 0 Å². The van der Waals surface area contributed by atoms with Crippen molar-refractivity contribution in [2.75, 3.05) is 6.54 Å². The monoisotopic (exact) mass is 561 g/mol. The van der Waals surface area contributed by atoms with Gasteiger partial charge < -0.3 is 20.2 Å². The van der Waals surface area contributed by atoms with E-state index in [4.69, 9.17) is 23.2 Å². The molecular formula is C26H28Cl2F3NO5. The molecule has 0 bridgehead atoms. The molecule has 3 atom stereocenters. The zero-order valence-corrected chi connectivity index (χ0v) is 21.5. The molecule has 11 heteroatoms. The summed E-state index contributed by atoms with van der Waals surface area (Å²) in [5, 5.41) is 29.2. The van der Waals surface area contributed by atoms with Crippen LogP contribution in [0.25, 0.3) is 0 Å². The summed E-state index contributed by atoms with van der Waals surface area (Å²) in [4.78, 5) is 27.0. The minimum atomic E-state index is -5.21. The van der Waals surface area contributed by atoms with Gasteiger partial charge in [-0.15, -0.1) is 0 Å². The SMILES string of the molecule is CC1(CC(=O)O)CC(c2cccc(Cl)c2)C(c2ccc(Cl)cc2)N(CCCCC(O)(O)C(F)(F)F)C1=O. The van der Waals surface area contributed by atoms with E-state index < -0.39 is 48.1 Å². The summed E-state index contributed by atoms with van der Waals surface area (Å²) in [6.45, 7) is 1.55. The van der Waals surface area contributed by atoms with E-state index in [2.05, 4.69) is 0 Å². The van der Waals surface area contributed by atoms with E-state index in [-0.39, 0.29) is 31.7 Å². The molecule has 0 radical (unpaired) electrons. The van der Waals surface area contributed by atoms with Gasteiger partial charge in [-0.2, -0.15) is 13.2 Å². The largest absolute Gasteiger partial charge is 0.481 e. The zero-order chi connectivity index (χ0) is 27.6. The van der Waals surface area contributed by atoms with Crippen LogP contribution < -0.4 is 0 Å². The molecule has 0 aromatic heterocycles. The number of carbonyl (C=O) groups is 2. The van der Waals surface area contributed by atoms with Crippen LogP contribution in [0.4, 0.5) is 13.2 Å². The van der Waals surface area contributed by atoms with E-state index in [9.17, 15) is 38.1 Å². The minimum absolute atomic E-state index is 0.0215. The van der Waals surface area contributed by atoms with Crippen molar-refractivity contribution < 1.29 is 38.1 Å². The topological polar surface area (TPSA) is 98.1 Å². The normalized spacial score (nSPS) is 22.8. The van der Waals surface area contributed by atoms with Gasteiger partial charge in [0.15, 0.2) is 0 Å². The van der Waals surface area contributed by atoms with Crippen LogP contribution in [0.5, 0.6) is 0 Å². The summed E-state index contributed by atoms with van der Waals surface area (Å²) in [5.41, 5.74) is 0.211. The Labute approximate surface area is 222 Å². The smallest absolute Gasteiger partial charge is 0.442 e. The fraction of sp³-hybridized carbons (Fsp3) is 0.462. The first kappa shape index (κ1) is 29.2. The molecule has 1 aliphatic rings. The number of piperidine rings is 1. The molecule has 1 heterocycles. The molecule has 202 valence electrons. The summed E-state index contributed by atoms with van der Waals surface area (Å²) in [6.07, 6.45) is -6.61. The number of halogens is 5. The molecule has 0 saturated carbocycles. The zero-order valence-electron chi connectivity index (χ0n) is 20.0. The van der Waals surface area contributed by atoms with Crippen molar-refractivity contribution in [3.63, 3.8) is 0 Å². The first-order valence-electron chi connectivity index (χ1n) is 11.7. The molecule has 1 aliphatic heterocycles.